The molecule has 0 spiro atoms. The predicted octanol–water partition coefficient (Wildman–Crippen LogP) is 1.92. The van der Waals surface area contributed by atoms with Crippen molar-refractivity contribution in [2.45, 2.75) is 26.2 Å². The van der Waals surface area contributed by atoms with E-state index in [-0.39, 0.29) is 11.5 Å². The van der Waals surface area contributed by atoms with Gasteiger partial charge in [0, 0.05) is 0 Å². The molecule has 0 radical (unpaired) electrons. The standard InChI is InChI=1S/C14H23NO3S/c1-13-6-4-7-14(12-13)18-9-2-3-10-19(16,17)11-5-8-15/h4,6-7,12H,2-3,5,8-11,15H2,1H3. The number of nitrogens with two attached hydrogens (primary N) is 1. The summed E-state index contributed by atoms with van der Waals surface area (Å²) in [6.07, 6.45) is 1.93. The lowest BCUT2D eigenvalue weighted by Gasteiger charge is -2.07. The number of sulfone groups is 1. The summed E-state index contributed by atoms with van der Waals surface area (Å²) >= 11 is 0. The third-order valence-electron chi connectivity index (χ3n) is 2.77. The first-order valence-corrected chi connectivity index (χ1v) is 8.45. The average Bonchev–Trinajstić information content (AvgIpc) is 2.36. The first-order valence-electron chi connectivity index (χ1n) is 6.63. The van der Waals surface area contributed by atoms with E-state index < -0.39 is 9.84 Å². The zero-order chi connectivity index (χ0) is 14.1. The maximum Gasteiger partial charge on any atom is 0.150 e. The van der Waals surface area contributed by atoms with E-state index in [1.165, 1.54) is 0 Å². The fraction of sp³-hybridized carbons (Fsp3) is 0.571. The van der Waals surface area contributed by atoms with Crippen LogP contribution in [0.1, 0.15) is 24.8 Å². The molecule has 0 aromatic heterocycles. The molecule has 0 atom stereocenters. The van der Waals surface area contributed by atoms with E-state index in [0.29, 0.717) is 26.0 Å². The average molecular weight is 285 g/mol. The molecule has 0 aliphatic rings. The molecule has 0 saturated carbocycles. The Bertz CT molecular complexity index is 471. The van der Waals surface area contributed by atoms with Crippen molar-refractivity contribution in [2.24, 2.45) is 5.73 Å². The first-order chi connectivity index (χ1) is 9.03. The quantitative estimate of drug-likeness (QED) is 0.704. The van der Waals surface area contributed by atoms with Crippen molar-refractivity contribution < 1.29 is 13.2 Å². The number of rotatable bonds is 9. The molecule has 19 heavy (non-hydrogen) atoms. The van der Waals surface area contributed by atoms with Crippen LogP contribution < -0.4 is 10.5 Å². The van der Waals surface area contributed by atoms with Crippen molar-refractivity contribution in [3.8, 4) is 5.75 Å². The smallest absolute Gasteiger partial charge is 0.150 e. The van der Waals surface area contributed by atoms with Gasteiger partial charge in [-0.15, -0.1) is 0 Å². The summed E-state index contributed by atoms with van der Waals surface area (Å²) in [6.45, 7) is 2.99. The molecule has 0 unspecified atom stereocenters. The van der Waals surface area contributed by atoms with Gasteiger partial charge in [-0.1, -0.05) is 12.1 Å². The van der Waals surface area contributed by atoms with Crippen LogP contribution >= 0.6 is 0 Å². The zero-order valence-corrected chi connectivity index (χ0v) is 12.3. The Morgan fingerprint density at radius 1 is 1.16 bits per heavy atom. The number of aryl methyl sites for hydroxylation is 1. The Morgan fingerprint density at radius 3 is 2.58 bits per heavy atom. The predicted molar refractivity (Wildman–Crippen MR) is 78.2 cm³/mol. The van der Waals surface area contributed by atoms with E-state index >= 15 is 0 Å². The molecular formula is C14H23NO3S. The van der Waals surface area contributed by atoms with E-state index in [1.54, 1.807) is 0 Å². The maximum absolute atomic E-state index is 11.6. The van der Waals surface area contributed by atoms with E-state index in [4.69, 9.17) is 10.5 Å². The van der Waals surface area contributed by atoms with Gasteiger partial charge in [-0.05, 0) is 50.4 Å². The molecule has 0 bridgehead atoms. The van der Waals surface area contributed by atoms with E-state index in [1.807, 2.05) is 31.2 Å². The molecule has 0 aliphatic heterocycles. The highest BCUT2D eigenvalue weighted by Crippen LogP contribution is 2.12. The van der Waals surface area contributed by atoms with Gasteiger partial charge < -0.3 is 10.5 Å². The van der Waals surface area contributed by atoms with Gasteiger partial charge in [-0.25, -0.2) is 8.42 Å². The Hall–Kier alpha value is -1.07. The van der Waals surface area contributed by atoms with Crippen molar-refractivity contribution in [3.63, 3.8) is 0 Å². The summed E-state index contributed by atoms with van der Waals surface area (Å²) in [4.78, 5) is 0. The van der Waals surface area contributed by atoms with Crippen molar-refractivity contribution in [3.05, 3.63) is 29.8 Å². The molecule has 1 aromatic carbocycles. The molecule has 5 heteroatoms. The minimum Gasteiger partial charge on any atom is -0.494 e. The molecule has 1 rings (SSSR count). The fourth-order valence-electron chi connectivity index (χ4n) is 1.72. The Balaban J connectivity index is 2.18. The van der Waals surface area contributed by atoms with Crippen LogP contribution in [0.3, 0.4) is 0 Å². The van der Waals surface area contributed by atoms with Crippen LogP contribution in [0.15, 0.2) is 24.3 Å². The SMILES string of the molecule is Cc1cccc(OCCCCS(=O)(=O)CCCN)c1. The molecule has 0 saturated heterocycles. The van der Waals surface area contributed by atoms with Crippen molar-refractivity contribution in [1.29, 1.82) is 0 Å². The number of unbranched alkanes of at least 4 members (excludes halogenated alkanes) is 1. The van der Waals surface area contributed by atoms with Crippen LogP contribution in [0.25, 0.3) is 0 Å². The van der Waals surface area contributed by atoms with Crippen LogP contribution in [0.5, 0.6) is 5.75 Å². The van der Waals surface area contributed by atoms with E-state index in [0.717, 1.165) is 17.7 Å². The fourth-order valence-corrected chi connectivity index (χ4v) is 3.18. The summed E-state index contributed by atoms with van der Waals surface area (Å²) in [5.41, 5.74) is 6.46. The molecule has 0 heterocycles. The summed E-state index contributed by atoms with van der Waals surface area (Å²) in [5.74, 6) is 1.26. The second-order valence-electron chi connectivity index (χ2n) is 4.67. The van der Waals surface area contributed by atoms with Crippen molar-refractivity contribution in [1.82, 2.24) is 0 Å². The van der Waals surface area contributed by atoms with Crippen molar-refractivity contribution in [2.75, 3.05) is 24.7 Å². The van der Waals surface area contributed by atoms with Gasteiger partial charge in [0.1, 0.15) is 15.6 Å². The topological polar surface area (TPSA) is 69.4 Å². The third kappa shape index (κ3) is 7.18. The van der Waals surface area contributed by atoms with Gasteiger partial charge in [-0.2, -0.15) is 0 Å². The monoisotopic (exact) mass is 285 g/mol. The Kier molecular flexibility index (Phi) is 6.87. The number of hydrogen-bond acceptors (Lipinski definition) is 4. The highest BCUT2D eigenvalue weighted by molar-refractivity contribution is 7.91. The van der Waals surface area contributed by atoms with Crippen LogP contribution in [-0.4, -0.2) is 33.1 Å². The van der Waals surface area contributed by atoms with Gasteiger partial charge >= 0.3 is 0 Å². The Morgan fingerprint density at radius 2 is 1.89 bits per heavy atom. The van der Waals surface area contributed by atoms with Gasteiger partial charge in [-0.3, -0.25) is 0 Å². The van der Waals surface area contributed by atoms with Crippen LogP contribution in [0.4, 0.5) is 0 Å². The molecular weight excluding hydrogens is 262 g/mol. The van der Waals surface area contributed by atoms with E-state index in [2.05, 4.69) is 0 Å². The zero-order valence-electron chi connectivity index (χ0n) is 11.5. The second kappa shape index (κ2) is 8.17. The van der Waals surface area contributed by atoms with Gasteiger partial charge in [0.15, 0.2) is 0 Å². The van der Waals surface area contributed by atoms with Crippen LogP contribution in [-0.2, 0) is 9.84 Å². The minimum absolute atomic E-state index is 0.197. The van der Waals surface area contributed by atoms with E-state index in [9.17, 15) is 8.42 Å². The van der Waals surface area contributed by atoms with Gasteiger partial charge in [0.25, 0.3) is 0 Å². The molecule has 0 aliphatic carbocycles. The summed E-state index contributed by atoms with van der Waals surface area (Å²) < 4.78 is 28.7. The minimum atomic E-state index is -2.93. The second-order valence-corrected chi connectivity index (χ2v) is 6.97. The molecule has 2 N–H and O–H groups in total. The molecule has 1 aromatic rings. The Labute approximate surface area is 115 Å². The lowest BCUT2D eigenvalue weighted by molar-refractivity contribution is 0.309. The highest BCUT2D eigenvalue weighted by Gasteiger charge is 2.09. The van der Waals surface area contributed by atoms with Crippen molar-refractivity contribution >= 4 is 9.84 Å². The molecule has 108 valence electrons. The number of ether oxygens (including phenoxy) is 1. The number of hydrogen-bond donors (Lipinski definition) is 1. The third-order valence-corrected chi connectivity index (χ3v) is 4.59. The first kappa shape index (κ1) is 16.0. The molecule has 0 fully saturated rings. The summed E-state index contributed by atoms with van der Waals surface area (Å²) in [6, 6.07) is 7.84. The highest BCUT2D eigenvalue weighted by atomic mass is 32.2. The summed E-state index contributed by atoms with van der Waals surface area (Å²) in [5, 5.41) is 0. The lowest BCUT2D eigenvalue weighted by atomic mass is 10.2. The maximum atomic E-state index is 11.6. The van der Waals surface area contributed by atoms with Crippen LogP contribution in [0.2, 0.25) is 0 Å². The normalized spacial score (nSPS) is 11.5. The lowest BCUT2D eigenvalue weighted by Crippen LogP contribution is -2.15. The molecule has 0 amide bonds. The van der Waals surface area contributed by atoms with Gasteiger partial charge in [0.2, 0.25) is 0 Å². The number of benzene rings is 1. The van der Waals surface area contributed by atoms with Gasteiger partial charge in [0.05, 0.1) is 18.1 Å². The summed E-state index contributed by atoms with van der Waals surface area (Å²) in [7, 11) is -2.93. The van der Waals surface area contributed by atoms with Crippen LogP contribution in [0, 0.1) is 6.92 Å². The largest absolute Gasteiger partial charge is 0.494 e. The molecule has 4 nitrogen and oxygen atoms in total.